The lowest BCUT2D eigenvalue weighted by Crippen LogP contribution is -2.22. The summed E-state index contributed by atoms with van der Waals surface area (Å²) < 4.78 is 10.5. The number of benzene rings is 1. The SMILES string of the molecule is COc1ccc(C(C)(O)c2ccsc2)c(OC)c1. The summed E-state index contributed by atoms with van der Waals surface area (Å²) in [5, 5.41) is 14.6. The van der Waals surface area contributed by atoms with Gasteiger partial charge in [-0.15, -0.1) is 0 Å². The van der Waals surface area contributed by atoms with E-state index in [2.05, 4.69) is 0 Å². The topological polar surface area (TPSA) is 38.7 Å². The van der Waals surface area contributed by atoms with Gasteiger partial charge in [-0.1, -0.05) is 0 Å². The minimum absolute atomic E-state index is 0.616. The van der Waals surface area contributed by atoms with Crippen molar-refractivity contribution < 1.29 is 14.6 Å². The monoisotopic (exact) mass is 264 g/mol. The number of thiophene rings is 1. The van der Waals surface area contributed by atoms with Crippen molar-refractivity contribution in [2.24, 2.45) is 0 Å². The highest BCUT2D eigenvalue weighted by Crippen LogP contribution is 2.37. The van der Waals surface area contributed by atoms with Gasteiger partial charge in [0.25, 0.3) is 0 Å². The fourth-order valence-electron chi connectivity index (χ4n) is 1.90. The number of hydrogen-bond acceptors (Lipinski definition) is 4. The van der Waals surface area contributed by atoms with Gasteiger partial charge in [0.05, 0.1) is 14.2 Å². The second-order valence-corrected chi connectivity index (χ2v) is 4.93. The molecule has 96 valence electrons. The van der Waals surface area contributed by atoms with Crippen molar-refractivity contribution in [2.45, 2.75) is 12.5 Å². The first-order valence-electron chi connectivity index (χ1n) is 5.57. The van der Waals surface area contributed by atoms with E-state index in [0.717, 1.165) is 11.1 Å². The maximum Gasteiger partial charge on any atom is 0.128 e. The standard InChI is InChI=1S/C14H16O3S/c1-14(15,10-6-7-18-9-10)12-5-4-11(16-2)8-13(12)17-3/h4-9,15H,1-3H3. The van der Waals surface area contributed by atoms with Crippen molar-refractivity contribution in [3.05, 3.63) is 46.2 Å². The molecule has 1 heterocycles. The Hall–Kier alpha value is -1.52. The molecule has 4 heteroatoms. The van der Waals surface area contributed by atoms with E-state index in [4.69, 9.17) is 9.47 Å². The molecule has 1 aromatic carbocycles. The molecule has 3 nitrogen and oxygen atoms in total. The van der Waals surface area contributed by atoms with E-state index < -0.39 is 5.60 Å². The fourth-order valence-corrected chi connectivity index (χ4v) is 2.66. The Morgan fingerprint density at radius 2 is 1.94 bits per heavy atom. The molecule has 18 heavy (non-hydrogen) atoms. The molecule has 0 saturated carbocycles. The van der Waals surface area contributed by atoms with E-state index in [1.54, 1.807) is 38.5 Å². The van der Waals surface area contributed by atoms with Crippen LogP contribution in [0.1, 0.15) is 18.1 Å². The third-order valence-electron chi connectivity index (χ3n) is 3.02. The molecule has 0 spiro atoms. The van der Waals surface area contributed by atoms with Crippen molar-refractivity contribution in [1.29, 1.82) is 0 Å². The summed E-state index contributed by atoms with van der Waals surface area (Å²) >= 11 is 1.56. The molecule has 0 saturated heterocycles. The van der Waals surface area contributed by atoms with Gasteiger partial charge in [0, 0.05) is 11.6 Å². The van der Waals surface area contributed by atoms with Gasteiger partial charge in [-0.25, -0.2) is 0 Å². The third-order valence-corrected chi connectivity index (χ3v) is 3.70. The van der Waals surface area contributed by atoms with Crippen LogP contribution in [0.4, 0.5) is 0 Å². The summed E-state index contributed by atoms with van der Waals surface area (Å²) in [6, 6.07) is 7.33. The van der Waals surface area contributed by atoms with Crippen LogP contribution in [0.5, 0.6) is 11.5 Å². The van der Waals surface area contributed by atoms with E-state index in [0.29, 0.717) is 11.5 Å². The quantitative estimate of drug-likeness (QED) is 0.922. The van der Waals surface area contributed by atoms with Crippen LogP contribution in [0, 0.1) is 0 Å². The van der Waals surface area contributed by atoms with Crippen molar-refractivity contribution in [3.63, 3.8) is 0 Å². The Balaban J connectivity index is 2.50. The Morgan fingerprint density at radius 1 is 1.17 bits per heavy atom. The predicted octanol–water partition coefficient (Wildman–Crippen LogP) is 3.02. The van der Waals surface area contributed by atoms with Crippen molar-refractivity contribution >= 4 is 11.3 Å². The second-order valence-electron chi connectivity index (χ2n) is 4.15. The molecule has 1 atom stereocenters. The van der Waals surface area contributed by atoms with Gasteiger partial charge in [0.1, 0.15) is 17.1 Å². The van der Waals surface area contributed by atoms with E-state index in [-0.39, 0.29) is 0 Å². The Bertz CT molecular complexity index is 518. The molecule has 1 N–H and O–H groups in total. The summed E-state index contributed by atoms with van der Waals surface area (Å²) in [7, 11) is 3.19. The van der Waals surface area contributed by atoms with Gasteiger partial charge in [-0.3, -0.25) is 0 Å². The Kier molecular flexibility index (Phi) is 3.59. The summed E-state index contributed by atoms with van der Waals surface area (Å²) in [4.78, 5) is 0. The smallest absolute Gasteiger partial charge is 0.128 e. The normalized spacial score (nSPS) is 14.0. The molecule has 0 bridgehead atoms. The number of rotatable bonds is 4. The minimum atomic E-state index is -1.07. The first kappa shape index (κ1) is 12.9. The van der Waals surface area contributed by atoms with Gasteiger partial charge in [0.2, 0.25) is 0 Å². The van der Waals surface area contributed by atoms with Crippen molar-refractivity contribution in [3.8, 4) is 11.5 Å². The number of methoxy groups -OCH3 is 2. The molecule has 0 aliphatic rings. The lowest BCUT2D eigenvalue weighted by Gasteiger charge is -2.25. The largest absolute Gasteiger partial charge is 0.497 e. The van der Waals surface area contributed by atoms with Crippen LogP contribution in [-0.2, 0) is 5.60 Å². The highest BCUT2D eigenvalue weighted by atomic mass is 32.1. The number of hydrogen-bond donors (Lipinski definition) is 1. The number of aliphatic hydroxyl groups is 1. The van der Waals surface area contributed by atoms with Crippen LogP contribution < -0.4 is 9.47 Å². The zero-order valence-corrected chi connectivity index (χ0v) is 11.5. The van der Waals surface area contributed by atoms with Gasteiger partial charge in [-0.2, -0.15) is 11.3 Å². The second kappa shape index (κ2) is 5.00. The van der Waals surface area contributed by atoms with E-state index in [1.165, 1.54) is 0 Å². The van der Waals surface area contributed by atoms with E-state index in [9.17, 15) is 5.11 Å². The number of ether oxygens (including phenoxy) is 2. The predicted molar refractivity (Wildman–Crippen MR) is 72.5 cm³/mol. The first-order valence-corrected chi connectivity index (χ1v) is 6.51. The van der Waals surface area contributed by atoms with Crippen LogP contribution in [0.15, 0.2) is 35.0 Å². The molecule has 0 radical (unpaired) electrons. The van der Waals surface area contributed by atoms with Crippen LogP contribution in [0.3, 0.4) is 0 Å². The van der Waals surface area contributed by atoms with Gasteiger partial charge < -0.3 is 14.6 Å². The van der Waals surface area contributed by atoms with Crippen LogP contribution in [-0.4, -0.2) is 19.3 Å². The molecule has 0 amide bonds. The zero-order chi connectivity index (χ0) is 13.2. The lowest BCUT2D eigenvalue weighted by molar-refractivity contribution is 0.0993. The lowest BCUT2D eigenvalue weighted by atomic mass is 9.89. The average molecular weight is 264 g/mol. The van der Waals surface area contributed by atoms with Gasteiger partial charge >= 0.3 is 0 Å². The maximum absolute atomic E-state index is 10.7. The molecule has 1 unspecified atom stereocenters. The third kappa shape index (κ3) is 2.21. The van der Waals surface area contributed by atoms with E-state index in [1.807, 2.05) is 29.0 Å². The fraction of sp³-hybridized carbons (Fsp3) is 0.286. The van der Waals surface area contributed by atoms with E-state index >= 15 is 0 Å². The summed E-state index contributed by atoms with van der Waals surface area (Å²) in [6.45, 7) is 1.76. The zero-order valence-electron chi connectivity index (χ0n) is 10.6. The average Bonchev–Trinajstić information content (AvgIpc) is 2.92. The molecule has 0 fully saturated rings. The van der Waals surface area contributed by atoms with Crippen LogP contribution in [0.2, 0.25) is 0 Å². The van der Waals surface area contributed by atoms with Gasteiger partial charge in [-0.05, 0) is 41.4 Å². The summed E-state index contributed by atoms with van der Waals surface area (Å²) in [5.41, 5.74) is 0.512. The molecular weight excluding hydrogens is 248 g/mol. The Morgan fingerprint density at radius 3 is 2.50 bits per heavy atom. The summed E-state index contributed by atoms with van der Waals surface area (Å²) in [5.74, 6) is 1.32. The van der Waals surface area contributed by atoms with Crippen LogP contribution in [0.25, 0.3) is 0 Å². The highest BCUT2D eigenvalue weighted by Gasteiger charge is 2.29. The molecule has 0 aliphatic heterocycles. The molecular formula is C14H16O3S. The van der Waals surface area contributed by atoms with Crippen molar-refractivity contribution in [1.82, 2.24) is 0 Å². The maximum atomic E-state index is 10.7. The molecule has 2 rings (SSSR count). The summed E-state index contributed by atoms with van der Waals surface area (Å²) in [6.07, 6.45) is 0. The molecule has 1 aromatic heterocycles. The Labute approximate surface area is 111 Å². The van der Waals surface area contributed by atoms with Crippen LogP contribution >= 0.6 is 11.3 Å². The first-order chi connectivity index (χ1) is 8.59. The minimum Gasteiger partial charge on any atom is -0.497 e. The van der Waals surface area contributed by atoms with Crippen molar-refractivity contribution in [2.75, 3.05) is 14.2 Å². The molecule has 0 aliphatic carbocycles. The highest BCUT2D eigenvalue weighted by molar-refractivity contribution is 7.08. The molecule has 2 aromatic rings. The van der Waals surface area contributed by atoms with Gasteiger partial charge in [0.15, 0.2) is 0 Å².